The third-order valence-corrected chi connectivity index (χ3v) is 2.39. The quantitative estimate of drug-likeness (QED) is 0.688. The van der Waals surface area contributed by atoms with E-state index in [1.165, 1.54) is 12.8 Å². The van der Waals surface area contributed by atoms with Crippen LogP contribution in [0.15, 0.2) is 12.4 Å². The topological polar surface area (TPSA) is 49.9 Å². The Morgan fingerprint density at radius 1 is 1.60 bits per heavy atom. The molecule has 0 radical (unpaired) electrons. The summed E-state index contributed by atoms with van der Waals surface area (Å²) in [5.41, 5.74) is 0. The first kappa shape index (κ1) is 12.2. The van der Waals surface area contributed by atoms with E-state index in [4.69, 9.17) is 4.74 Å². The summed E-state index contributed by atoms with van der Waals surface area (Å²) in [6, 6.07) is 0.431. The Labute approximate surface area is 91.4 Å². The molecule has 4 nitrogen and oxygen atoms in total. The van der Waals surface area contributed by atoms with E-state index in [2.05, 4.69) is 22.2 Å². The molecule has 1 atom stereocenters. The second kappa shape index (κ2) is 7.43. The van der Waals surface area contributed by atoms with E-state index in [1.807, 2.05) is 6.20 Å². The summed E-state index contributed by atoms with van der Waals surface area (Å²) in [6.45, 7) is 3.75. The minimum Gasteiger partial charge on any atom is -0.383 e. The van der Waals surface area contributed by atoms with Gasteiger partial charge in [0.15, 0.2) is 0 Å². The number of rotatable bonds is 8. The Hall–Kier alpha value is -0.870. The first-order chi connectivity index (χ1) is 7.36. The largest absolute Gasteiger partial charge is 0.383 e. The second-order valence-electron chi connectivity index (χ2n) is 3.71. The molecule has 0 spiro atoms. The Balaban J connectivity index is 2.24. The highest BCUT2D eigenvalue weighted by Gasteiger charge is 2.07. The summed E-state index contributed by atoms with van der Waals surface area (Å²) in [6.07, 6.45) is 7.23. The van der Waals surface area contributed by atoms with E-state index in [9.17, 15) is 0 Å². The molecule has 15 heavy (non-hydrogen) atoms. The molecule has 0 aromatic carbocycles. The van der Waals surface area contributed by atoms with Crippen molar-refractivity contribution in [1.29, 1.82) is 0 Å². The molecule has 0 bridgehead atoms. The molecule has 4 heteroatoms. The van der Waals surface area contributed by atoms with Crippen LogP contribution in [0, 0.1) is 0 Å². The number of aromatic nitrogens is 2. The minimum absolute atomic E-state index is 0.431. The van der Waals surface area contributed by atoms with Crippen LogP contribution in [-0.2, 0) is 11.3 Å². The Morgan fingerprint density at radius 3 is 3.07 bits per heavy atom. The Bertz CT molecular complexity index is 236. The van der Waals surface area contributed by atoms with Crippen molar-refractivity contribution in [3.8, 4) is 0 Å². The van der Waals surface area contributed by atoms with Crippen molar-refractivity contribution < 1.29 is 4.74 Å². The average Bonchev–Trinajstić information content (AvgIpc) is 2.75. The van der Waals surface area contributed by atoms with Crippen LogP contribution in [0.5, 0.6) is 0 Å². The number of nitrogens with zero attached hydrogens (tertiary/aromatic N) is 1. The van der Waals surface area contributed by atoms with Crippen LogP contribution in [0.2, 0.25) is 0 Å². The van der Waals surface area contributed by atoms with Gasteiger partial charge in [0.05, 0.1) is 13.2 Å². The van der Waals surface area contributed by atoms with Crippen molar-refractivity contribution in [2.45, 2.75) is 38.8 Å². The first-order valence-corrected chi connectivity index (χ1v) is 5.57. The number of hydrogen-bond donors (Lipinski definition) is 2. The lowest BCUT2D eigenvalue weighted by Crippen LogP contribution is -2.33. The number of aromatic amines is 1. The van der Waals surface area contributed by atoms with Gasteiger partial charge in [-0.15, -0.1) is 0 Å². The highest BCUT2D eigenvalue weighted by molar-refractivity contribution is 4.86. The average molecular weight is 211 g/mol. The third kappa shape index (κ3) is 4.95. The second-order valence-corrected chi connectivity index (χ2v) is 3.71. The number of hydrogen-bond acceptors (Lipinski definition) is 3. The number of methoxy groups -OCH3 is 1. The van der Waals surface area contributed by atoms with Gasteiger partial charge in [-0.05, 0) is 6.42 Å². The van der Waals surface area contributed by atoms with Gasteiger partial charge in [0.2, 0.25) is 0 Å². The molecule has 0 fully saturated rings. The van der Waals surface area contributed by atoms with E-state index in [-0.39, 0.29) is 0 Å². The Kier molecular flexibility index (Phi) is 6.04. The molecule has 1 aromatic rings. The lowest BCUT2D eigenvalue weighted by molar-refractivity contribution is 0.160. The van der Waals surface area contributed by atoms with Crippen LogP contribution >= 0.6 is 0 Å². The van der Waals surface area contributed by atoms with Crippen LogP contribution in [0.4, 0.5) is 0 Å². The summed E-state index contributed by atoms with van der Waals surface area (Å²) in [7, 11) is 1.74. The molecule has 0 aliphatic heterocycles. The summed E-state index contributed by atoms with van der Waals surface area (Å²) in [4.78, 5) is 7.25. The van der Waals surface area contributed by atoms with Gasteiger partial charge < -0.3 is 15.0 Å². The first-order valence-electron chi connectivity index (χ1n) is 5.57. The molecule has 0 aliphatic carbocycles. The van der Waals surface area contributed by atoms with E-state index < -0.39 is 0 Å². The Morgan fingerprint density at radius 2 is 2.47 bits per heavy atom. The highest BCUT2D eigenvalue weighted by atomic mass is 16.5. The lowest BCUT2D eigenvalue weighted by Gasteiger charge is -2.16. The van der Waals surface area contributed by atoms with E-state index in [0.717, 1.165) is 25.4 Å². The molecular formula is C11H21N3O. The van der Waals surface area contributed by atoms with Gasteiger partial charge >= 0.3 is 0 Å². The maximum absolute atomic E-state index is 5.18. The summed E-state index contributed by atoms with van der Waals surface area (Å²) in [5, 5.41) is 3.44. The van der Waals surface area contributed by atoms with Crippen molar-refractivity contribution >= 4 is 0 Å². The molecule has 0 aliphatic rings. The molecule has 0 saturated carbocycles. The van der Waals surface area contributed by atoms with Gasteiger partial charge in [-0.25, -0.2) is 4.98 Å². The zero-order valence-electron chi connectivity index (χ0n) is 9.62. The summed E-state index contributed by atoms with van der Waals surface area (Å²) < 4.78 is 5.18. The molecule has 1 rings (SSSR count). The maximum atomic E-state index is 5.18. The normalized spacial score (nSPS) is 12.9. The van der Waals surface area contributed by atoms with Crippen molar-refractivity contribution in [2.24, 2.45) is 0 Å². The zero-order chi connectivity index (χ0) is 10.9. The van der Waals surface area contributed by atoms with E-state index >= 15 is 0 Å². The summed E-state index contributed by atoms with van der Waals surface area (Å²) in [5.74, 6) is 0.979. The summed E-state index contributed by atoms with van der Waals surface area (Å²) >= 11 is 0. The number of unbranched alkanes of at least 4 members (excludes halogenated alkanes) is 1. The minimum atomic E-state index is 0.431. The van der Waals surface area contributed by atoms with Gasteiger partial charge in [-0.2, -0.15) is 0 Å². The van der Waals surface area contributed by atoms with Gasteiger partial charge in [0, 0.05) is 25.5 Å². The van der Waals surface area contributed by atoms with Crippen LogP contribution in [0.1, 0.15) is 32.0 Å². The smallest absolute Gasteiger partial charge is 0.120 e. The van der Waals surface area contributed by atoms with Gasteiger partial charge in [-0.3, -0.25) is 0 Å². The SMILES string of the molecule is CCCCC(COC)NCc1ncc[nH]1. The number of nitrogens with one attached hydrogen (secondary N) is 2. The lowest BCUT2D eigenvalue weighted by atomic mass is 10.1. The molecule has 1 unspecified atom stereocenters. The predicted molar refractivity (Wildman–Crippen MR) is 60.6 cm³/mol. The number of imidazole rings is 1. The van der Waals surface area contributed by atoms with Crippen LogP contribution in [-0.4, -0.2) is 29.7 Å². The van der Waals surface area contributed by atoms with Gasteiger partial charge in [0.25, 0.3) is 0 Å². The van der Waals surface area contributed by atoms with Gasteiger partial charge in [-0.1, -0.05) is 19.8 Å². The monoisotopic (exact) mass is 211 g/mol. The molecule has 1 aromatic heterocycles. The van der Waals surface area contributed by atoms with E-state index in [0.29, 0.717) is 6.04 Å². The number of H-pyrrole nitrogens is 1. The third-order valence-electron chi connectivity index (χ3n) is 2.39. The van der Waals surface area contributed by atoms with Gasteiger partial charge in [0.1, 0.15) is 5.82 Å². The van der Waals surface area contributed by atoms with Crippen molar-refractivity contribution in [3.63, 3.8) is 0 Å². The van der Waals surface area contributed by atoms with Crippen molar-refractivity contribution in [2.75, 3.05) is 13.7 Å². The predicted octanol–water partition coefficient (Wildman–Crippen LogP) is 1.70. The molecule has 1 heterocycles. The fourth-order valence-corrected chi connectivity index (χ4v) is 1.53. The van der Waals surface area contributed by atoms with Crippen molar-refractivity contribution in [1.82, 2.24) is 15.3 Å². The maximum Gasteiger partial charge on any atom is 0.120 e. The standard InChI is InChI=1S/C11H21N3O/c1-3-4-5-10(9-15-2)14-8-11-12-6-7-13-11/h6-7,10,14H,3-5,8-9H2,1-2H3,(H,12,13). The molecule has 86 valence electrons. The fraction of sp³-hybridized carbons (Fsp3) is 0.727. The van der Waals surface area contributed by atoms with Crippen LogP contribution < -0.4 is 5.32 Å². The van der Waals surface area contributed by atoms with Crippen LogP contribution in [0.25, 0.3) is 0 Å². The molecular weight excluding hydrogens is 190 g/mol. The zero-order valence-corrected chi connectivity index (χ0v) is 9.62. The highest BCUT2D eigenvalue weighted by Crippen LogP contribution is 2.02. The molecule has 0 amide bonds. The van der Waals surface area contributed by atoms with Crippen molar-refractivity contribution in [3.05, 3.63) is 18.2 Å². The fourth-order valence-electron chi connectivity index (χ4n) is 1.53. The molecule has 2 N–H and O–H groups in total. The molecule has 0 saturated heterocycles. The van der Waals surface area contributed by atoms with E-state index in [1.54, 1.807) is 13.3 Å². The van der Waals surface area contributed by atoms with Crippen LogP contribution in [0.3, 0.4) is 0 Å². The number of ether oxygens (including phenoxy) is 1.